The van der Waals surface area contributed by atoms with Crippen molar-refractivity contribution in [1.29, 1.82) is 10.5 Å². The van der Waals surface area contributed by atoms with Gasteiger partial charge in [-0.2, -0.15) is 10.5 Å². The van der Waals surface area contributed by atoms with Crippen LogP contribution in [0.1, 0.15) is 28.3 Å². The van der Waals surface area contributed by atoms with Gasteiger partial charge in [0.2, 0.25) is 0 Å². The lowest BCUT2D eigenvalue weighted by Crippen LogP contribution is -2.50. The largest absolute Gasteiger partial charge is 0.476 e. The van der Waals surface area contributed by atoms with Gasteiger partial charge in [0.15, 0.2) is 11.2 Å². The summed E-state index contributed by atoms with van der Waals surface area (Å²) < 4.78 is 11.7. The van der Waals surface area contributed by atoms with E-state index in [1.165, 1.54) is 19.4 Å². The standard InChI is InChI=1S/C26H18ClN3O4/c1-33-24(31)21-19(13-29)25(32)23-20(11-18(27)14-30-23)34-26(25,17-9-7-15(12-28)8-10-17)22(21)16-5-3-2-4-6-16/h2-11,14,19,21-22,32H,1H3/t19-,21-,22+,25-,26-/m0/s1. The molecular weight excluding hydrogens is 454 g/mol. The number of aliphatic hydroxyl groups is 1. The summed E-state index contributed by atoms with van der Waals surface area (Å²) in [7, 11) is 1.25. The van der Waals surface area contributed by atoms with Crippen LogP contribution in [0.3, 0.4) is 0 Å². The van der Waals surface area contributed by atoms with Gasteiger partial charge >= 0.3 is 5.97 Å². The summed E-state index contributed by atoms with van der Waals surface area (Å²) in [4.78, 5) is 17.5. The van der Waals surface area contributed by atoms with Crippen LogP contribution in [-0.4, -0.2) is 23.2 Å². The van der Waals surface area contributed by atoms with Gasteiger partial charge in [-0.3, -0.25) is 9.78 Å². The summed E-state index contributed by atoms with van der Waals surface area (Å²) in [6.45, 7) is 0. The van der Waals surface area contributed by atoms with Crippen LogP contribution in [0, 0.1) is 34.5 Å². The van der Waals surface area contributed by atoms with Crippen LogP contribution in [0.2, 0.25) is 5.02 Å². The molecule has 1 aliphatic heterocycles. The monoisotopic (exact) mass is 471 g/mol. The number of aromatic nitrogens is 1. The number of benzene rings is 2. The Labute approximate surface area is 200 Å². The van der Waals surface area contributed by atoms with Gasteiger partial charge in [0, 0.05) is 18.2 Å². The fourth-order valence-electron chi connectivity index (χ4n) is 5.53. The first-order valence-electron chi connectivity index (χ1n) is 10.5. The van der Waals surface area contributed by atoms with Gasteiger partial charge in [-0.1, -0.05) is 54.1 Å². The summed E-state index contributed by atoms with van der Waals surface area (Å²) in [5.41, 5.74) is -1.94. The molecule has 168 valence electrons. The molecule has 1 aliphatic carbocycles. The maximum absolute atomic E-state index is 13.2. The van der Waals surface area contributed by atoms with E-state index >= 15 is 0 Å². The van der Waals surface area contributed by atoms with E-state index in [1.54, 1.807) is 24.3 Å². The Morgan fingerprint density at radius 1 is 1.18 bits per heavy atom. The Balaban J connectivity index is 1.89. The Kier molecular flexibility index (Phi) is 5.06. The van der Waals surface area contributed by atoms with Gasteiger partial charge in [0.1, 0.15) is 11.4 Å². The van der Waals surface area contributed by atoms with Crippen LogP contribution in [0.5, 0.6) is 5.75 Å². The second kappa shape index (κ2) is 7.85. The van der Waals surface area contributed by atoms with Crippen molar-refractivity contribution in [1.82, 2.24) is 4.98 Å². The zero-order valence-electron chi connectivity index (χ0n) is 18.0. The van der Waals surface area contributed by atoms with E-state index in [-0.39, 0.29) is 11.4 Å². The fourth-order valence-corrected chi connectivity index (χ4v) is 5.68. The Morgan fingerprint density at radius 3 is 2.50 bits per heavy atom. The maximum Gasteiger partial charge on any atom is 0.310 e. The molecule has 5 atom stereocenters. The zero-order chi connectivity index (χ0) is 24.1. The van der Waals surface area contributed by atoms with E-state index in [9.17, 15) is 20.4 Å². The predicted octanol–water partition coefficient (Wildman–Crippen LogP) is 3.81. The summed E-state index contributed by atoms with van der Waals surface area (Å²) in [6.07, 6.45) is 1.37. The van der Waals surface area contributed by atoms with Crippen LogP contribution >= 0.6 is 11.6 Å². The van der Waals surface area contributed by atoms with Crippen molar-refractivity contribution in [2.24, 2.45) is 11.8 Å². The molecule has 0 amide bonds. The number of halogens is 1. The van der Waals surface area contributed by atoms with Gasteiger partial charge in [-0.15, -0.1) is 0 Å². The molecule has 1 N–H and O–H groups in total. The number of hydrogen-bond acceptors (Lipinski definition) is 7. The van der Waals surface area contributed by atoms with Gasteiger partial charge in [0.25, 0.3) is 0 Å². The van der Waals surface area contributed by atoms with Gasteiger partial charge < -0.3 is 14.6 Å². The minimum Gasteiger partial charge on any atom is -0.476 e. The molecule has 0 saturated heterocycles. The van der Waals surface area contributed by atoms with Crippen molar-refractivity contribution < 1.29 is 19.4 Å². The summed E-state index contributed by atoms with van der Waals surface area (Å²) in [6, 6.07) is 21.4. The van der Waals surface area contributed by atoms with Crippen molar-refractivity contribution in [3.05, 3.63) is 94.3 Å². The number of hydrogen-bond donors (Lipinski definition) is 1. The molecule has 7 nitrogen and oxygen atoms in total. The smallest absolute Gasteiger partial charge is 0.310 e. The predicted molar refractivity (Wildman–Crippen MR) is 120 cm³/mol. The Bertz CT molecular complexity index is 1370. The highest BCUT2D eigenvalue weighted by Gasteiger charge is 2.78. The van der Waals surface area contributed by atoms with Crippen LogP contribution < -0.4 is 4.74 Å². The minimum atomic E-state index is -2.02. The van der Waals surface area contributed by atoms with Gasteiger partial charge in [-0.05, 0) is 23.3 Å². The number of carbonyl (C=O) groups is 1. The number of nitrogens with zero attached hydrogens (tertiary/aromatic N) is 3. The van der Waals surface area contributed by atoms with Crippen molar-refractivity contribution in [2.75, 3.05) is 7.11 Å². The molecule has 0 radical (unpaired) electrons. The fraction of sp³-hybridized carbons (Fsp3) is 0.231. The normalized spacial score (nSPS) is 28.7. The summed E-state index contributed by atoms with van der Waals surface area (Å²) in [5.74, 6) is -3.56. The second-order valence-corrected chi connectivity index (χ2v) is 8.77. The molecule has 1 aromatic heterocycles. The van der Waals surface area contributed by atoms with E-state index in [0.29, 0.717) is 21.7 Å². The summed E-state index contributed by atoms with van der Waals surface area (Å²) in [5, 5.41) is 32.4. The Morgan fingerprint density at radius 2 is 1.88 bits per heavy atom. The molecule has 3 aromatic rings. The van der Waals surface area contributed by atoms with Crippen molar-refractivity contribution in [2.45, 2.75) is 17.1 Å². The van der Waals surface area contributed by atoms with E-state index in [0.717, 1.165) is 0 Å². The number of pyridine rings is 1. The first-order valence-corrected chi connectivity index (χ1v) is 10.9. The number of ether oxygens (including phenoxy) is 2. The van der Waals surface area contributed by atoms with Crippen LogP contribution in [0.4, 0.5) is 0 Å². The highest BCUT2D eigenvalue weighted by Crippen LogP contribution is 2.70. The number of fused-ring (bicyclic) bond motifs is 3. The number of nitriles is 2. The second-order valence-electron chi connectivity index (χ2n) is 8.34. The molecule has 8 heteroatoms. The molecule has 2 aliphatic rings. The van der Waals surface area contributed by atoms with E-state index < -0.39 is 34.9 Å². The highest BCUT2D eigenvalue weighted by atomic mass is 35.5. The van der Waals surface area contributed by atoms with Gasteiger partial charge in [-0.25, -0.2) is 0 Å². The van der Waals surface area contributed by atoms with Crippen LogP contribution in [0.15, 0.2) is 66.9 Å². The third kappa shape index (κ3) is 2.72. The summed E-state index contributed by atoms with van der Waals surface area (Å²) >= 11 is 6.18. The average molecular weight is 472 g/mol. The van der Waals surface area contributed by atoms with E-state index in [4.69, 9.17) is 21.1 Å². The number of carbonyl (C=O) groups excluding carboxylic acids is 1. The van der Waals surface area contributed by atoms with Crippen LogP contribution in [0.25, 0.3) is 0 Å². The Hall–Kier alpha value is -3.91. The van der Waals surface area contributed by atoms with Crippen molar-refractivity contribution >= 4 is 17.6 Å². The highest BCUT2D eigenvalue weighted by molar-refractivity contribution is 6.30. The van der Waals surface area contributed by atoms with Crippen molar-refractivity contribution in [3.8, 4) is 17.9 Å². The first-order chi connectivity index (χ1) is 16.4. The molecule has 0 unspecified atom stereocenters. The number of esters is 1. The third-order valence-electron chi connectivity index (χ3n) is 6.84. The average Bonchev–Trinajstić information content (AvgIpc) is 3.25. The van der Waals surface area contributed by atoms with Crippen molar-refractivity contribution in [3.63, 3.8) is 0 Å². The lowest BCUT2D eigenvalue weighted by atomic mass is 9.71. The number of methoxy groups -OCH3 is 1. The quantitative estimate of drug-likeness (QED) is 0.577. The molecule has 5 rings (SSSR count). The zero-order valence-corrected chi connectivity index (χ0v) is 18.7. The van der Waals surface area contributed by atoms with E-state index in [1.807, 2.05) is 30.3 Å². The molecule has 1 saturated carbocycles. The SMILES string of the molecule is COC(=O)[C@@H]1[C@@H](c2ccccc2)[C@]2(c3ccc(C#N)cc3)Oc3cc(Cl)cnc3[C@@]2(O)[C@H]1C#N. The molecule has 34 heavy (non-hydrogen) atoms. The third-order valence-corrected chi connectivity index (χ3v) is 7.04. The van der Waals surface area contributed by atoms with Crippen LogP contribution in [-0.2, 0) is 20.7 Å². The lowest BCUT2D eigenvalue weighted by Gasteiger charge is -2.40. The number of rotatable bonds is 3. The first kappa shape index (κ1) is 21.9. The van der Waals surface area contributed by atoms with E-state index in [2.05, 4.69) is 17.1 Å². The molecule has 2 aromatic carbocycles. The molecule has 0 spiro atoms. The maximum atomic E-state index is 13.2. The molecule has 1 fully saturated rings. The molecule has 2 heterocycles. The minimum absolute atomic E-state index is 0.125. The lowest BCUT2D eigenvalue weighted by molar-refractivity contribution is -0.148. The van der Waals surface area contributed by atoms with Gasteiger partial charge in [0.05, 0.1) is 41.7 Å². The molecular formula is C26H18ClN3O4. The molecule has 0 bridgehead atoms. The topological polar surface area (TPSA) is 116 Å².